The molecule has 0 aliphatic rings. The molecule has 4 nitrogen and oxygen atoms in total. The molecule has 1 amide bonds. The van der Waals surface area contributed by atoms with Crippen LogP contribution in [0.25, 0.3) is 0 Å². The van der Waals surface area contributed by atoms with Crippen molar-refractivity contribution < 1.29 is 4.79 Å². The van der Waals surface area contributed by atoms with Crippen molar-refractivity contribution in [3.05, 3.63) is 63.1 Å². The Hall–Kier alpha value is -2.36. The SMILES string of the molecule is CCCCn1c(C)cc(=O)c(C(=O)Nc2ccccc2C)c1CC. The number of hydrogen-bond acceptors (Lipinski definition) is 2. The van der Waals surface area contributed by atoms with E-state index < -0.39 is 0 Å². The van der Waals surface area contributed by atoms with Crippen LogP contribution in [-0.4, -0.2) is 10.5 Å². The summed E-state index contributed by atoms with van der Waals surface area (Å²) in [6.45, 7) is 8.82. The number of benzene rings is 1. The molecule has 128 valence electrons. The number of anilines is 1. The van der Waals surface area contributed by atoms with Gasteiger partial charge in [-0.25, -0.2) is 0 Å². The third-order valence-electron chi connectivity index (χ3n) is 4.32. The second kappa shape index (κ2) is 7.95. The number of carbonyl (C=O) groups excluding carboxylic acids is 1. The number of nitrogens with one attached hydrogen (secondary N) is 1. The Morgan fingerprint density at radius 1 is 1.17 bits per heavy atom. The zero-order valence-electron chi connectivity index (χ0n) is 15.0. The van der Waals surface area contributed by atoms with E-state index in [1.165, 1.54) is 0 Å². The van der Waals surface area contributed by atoms with Crippen LogP contribution in [0.5, 0.6) is 0 Å². The molecule has 1 aromatic heterocycles. The number of hydrogen-bond donors (Lipinski definition) is 1. The summed E-state index contributed by atoms with van der Waals surface area (Å²) in [4.78, 5) is 25.3. The summed E-state index contributed by atoms with van der Waals surface area (Å²) in [6, 6.07) is 9.15. The maximum atomic E-state index is 12.8. The van der Waals surface area contributed by atoms with Crippen LogP contribution in [0.15, 0.2) is 35.1 Å². The van der Waals surface area contributed by atoms with Crippen molar-refractivity contribution in [2.75, 3.05) is 5.32 Å². The fourth-order valence-corrected chi connectivity index (χ4v) is 2.97. The summed E-state index contributed by atoms with van der Waals surface area (Å²) in [5.41, 5.74) is 3.51. The van der Waals surface area contributed by atoms with E-state index in [-0.39, 0.29) is 16.9 Å². The highest BCUT2D eigenvalue weighted by molar-refractivity contribution is 6.05. The van der Waals surface area contributed by atoms with Gasteiger partial charge in [-0.3, -0.25) is 9.59 Å². The van der Waals surface area contributed by atoms with Gasteiger partial charge in [-0.15, -0.1) is 0 Å². The van der Waals surface area contributed by atoms with Crippen LogP contribution in [0.2, 0.25) is 0 Å². The van der Waals surface area contributed by atoms with Crippen molar-refractivity contribution in [2.24, 2.45) is 0 Å². The molecule has 0 radical (unpaired) electrons. The molecular formula is C20H26N2O2. The Kier molecular flexibility index (Phi) is 5.96. The number of rotatable bonds is 6. The maximum Gasteiger partial charge on any atom is 0.261 e. The van der Waals surface area contributed by atoms with Gasteiger partial charge in [-0.2, -0.15) is 0 Å². The van der Waals surface area contributed by atoms with Gasteiger partial charge in [0.05, 0.1) is 0 Å². The number of aryl methyl sites for hydroxylation is 2. The second-order valence-corrected chi connectivity index (χ2v) is 6.10. The van der Waals surface area contributed by atoms with Gasteiger partial charge in [0.2, 0.25) is 0 Å². The topological polar surface area (TPSA) is 51.1 Å². The summed E-state index contributed by atoms with van der Waals surface area (Å²) in [6.07, 6.45) is 2.74. The van der Waals surface area contributed by atoms with E-state index in [1.807, 2.05) is 45.0 Å². The first-order valence-corrected chi connectivity index (χ1v) is 8.59. The number of amides is 1. The first-order valence-electron chi connectivity index (χ1n) is 8.59. The summed E-state index contributed by atoms with van der Waals surface area (Å²) in [5, 5.41) is 2.89. The lowest BCUT2D eigenvalue weighted by molar-refractivity contribution is 0.102. The highest BCUT2D eigenvalue weighted by Crippen LogP contribution is 2.17. The van der Waals surface area contributed by atoms with Gasteiger partial charge in [-0.1, -0.05) is 38.5 Å². The molecule has 0 fully saturated rings. The number of unbranched alkanes of at least 4 members (excludes halogenated alkanes) is 1. The van der Waals surface area contributed by atoms with Crippen LogP contribution in [-0.2, 0) is 13.0 Å². The van der Waals surface area contributed by atoms with Gasteiger partial charge < -0.3 is 9.88 Å². The Balaban J connectivity index is 2.46. The first kappa shape index (κ1) is 18.0. The van der Waals surface area contributed by atoms with Gasteiger partial charge in [0, 0.05) is 29.7 Å². The molecule has 0 saturated heterocycles. The standard InChI is InChI=1S/C20H26N2O2/c1-5-7-12-22-15(4)13-18(23)19(17(22)6-2)20(24)21-16-11-9-8-10-14(16)3/h8-11,13H,5-7,12H2,1-4H3,(H,21,24). The fourth-order valence-electron chi connectivity index (χ4n) is 2.97. The Morgan fingerprint density at radius 2 is 1.88 bits per heavy atom. The molecular weight excluding hydrogens is 300 g/mol. The maximum absolute atomic E-state index is 12.8. The molecule has 4 heteroatoms. The highest BCUT2D eigenvalue weighted by atomic mass is 16.2. The predicted octanol–water partition coefficient (Wildman–Crippen LogP) is 4.08. The molecule has 1 N–H and O–H groups in total. The van der Waals surface area contributed by atoms with Crippen molar-refractivity contribution in [1.29, 1.82) is 0 Å². The molecule has 0 aliphatic carbocycles. The van der Waals surface area contributed by atoms with Crippen LogP contribution >= 0.6 is 0 Å². The lowest BCUT2D eigenvalue weighted by atomic mass is 10.1. The number of para-hydroxylation sites is 1. The van der Waals surface area contributed by atoms with Gasteiger partial charge in [0.25, 0.3) is 5.91 Å². The van der Waals surface area contributed by atoms with E-state index >= 15 is 0 Å². The summed E-state index contributed by atoms with van der Waals surface area (Å²) >= 11 is 0. The number of nitrogens with zero attached hydrogens (tertiary/aromatic N) is 1. The van der Waals surface area contributed by atoms with Gasteiger partial charge in [-0.05, 0) is 38.3 Å². The van der Waals surface area contributed by atoms with E-state index in [9.17, 15) is 9.59 Å². The van der Waals surface area contributed by atoms with E-state index in [1.54, 1.807) is 6.07 Å². The molecule has 1 heterocycles. The van der Waals surface area contributed by atoms with E-state index in [0.717, 1.165) is 42.0 Å². The molecule has 2 aromatic rings. The van der Waals surface area contributed by atoms with E-state index in [4.69, 9.17) is 0 Å². The van der Waals surface area contributed by atoms with Crippen LogP contribution in [0, 0.1) is 13.8 Å². The summed E-state index contributed by atoms with van der Waals surface area (Å²) in [7, 11) is 0. The molecule has 0 unspecified atom stereocenters. The number of carbonyl (C=O) groups is 1. The Bertz CT molecular complexity index is 791. The van der Waals surface area contributed by atoms with Crippen LogP contribution < -0.4 is 10.7 Å². The quantitative estimate of drug-likeness (QED) is 0.869. The van der Waals surface area contributed by atoms with Crippen molar-refractivity contribution in [2.45, 2.75) is 53.5 Å². The monoisotopic (exact) mass is 326 g/mol. The molecule has 2 rings (SSSR count). The van der Waals surface area contributed by atoms with Gasteiger partial charge in [0.15, 0.2) is 5.43 Å². The van der Waals surface area contributed by atoms with Crippen molar-refractivity contribution in [1.82, 2.24) is 4.57 Å². The Labute approximate surface area is 143 Å². The van der Waals surface area contributed by atoms with Crippen molar-refractivity contribution in [3.63, 3.8) is 0 Å². The average Bonchev–Trinajstić information content (AvgIpc) is 2.55. The minimum atomic E-state index is -0.323. The normalized spacial score (nSPS) is 10.7. The summed E-state index contributed by atoms with van der Waals surface area (Å²) in [5.74, 6) is -0.323. The average molecular weight is 326 g/mol. The third kappa shape index (κ3) is 3.75. The lowest BCUT2D eigenvalue weighted by Gasteiger charge is -2.19. The molecule has 0 bridgehead atoms. The second-order valence-electron chi connectivity index (χ2n) is 6.10. The number of pyridine rings is 1. The van der Waals surface area contributed by atoms with Crippen molar-refractivity contribution >= 4 is 11.6 Å². The van der Waals surface area contributed by atoms with Crippen molar-refractivity contribution in [3.8, 4) is 0 Å². The largest absolute Gasteiger partial charge is 0.348 e. The smallest absolute Gasteiger partial charge is 0.261 e. The van der Waals surface area contributed by atoms with E-state index in [2.05, 4.69) is 16.8 Å². The fraction of sp³-hybridized carbons (Fsp3) is 0.400. The molecule has 0 atom stereocenters. The molecule has 1 aromatic carbocycles. The van der Waals surface area contributed by atoms with E-state index in [0.29, 0.717) is 6.42 Å². The van der Waals surface area contributed by atoms with Crippen LogP contribution in [0.3, 0.4) is 0 Å². The molecule has 0 aliphatic heterocycles. The van der Waals surface area contributed by atoms with Crippen LogP contribution in [0.4, 0.5) is 5.69 Å². The third-order valence-corrected chi connectivity index (χ3v) is 4.32. The Morgan fingerprint density at radius 3 is 2.50 bits per heavy atom. The van der Waals surface area contributed by atoms with Gasteiger partial charge >= 0.3 is 0 Å². The molecule has 24 heavy (non-hydrogen) atoms. The predicted molar refractivity (Wildman–Crippen MR) is 98.9 cm³/mol. The molecule has 0 saturated carbocycles. The number of aromatic nitrogens is 1. The zero-order chi connectivity index (χ0) is 17.7. The zero-order valence-corrected chi connectivity index (χ0v) is 15.0. The summed E-state index contributed by atoms with van der Waals surface area (Å²) < 4.78 is 2.11. The highest BCUT2D eigenvalue weighted by Gasteiger charge is 2.19. The lowest BCUT2D eigenvalue weighted by Crippen LogP contribution is -2.28. The van der Waals surface area contributed by atoms with Gasteiger partial charge in [0.1, 0.15) is 5.56 Å². The minimum Gasteiger partial charge on any atom is -0.348 e. The minimum absolute atomic E-state index is 0.205. The first-order chi connectivity index (χ1) is 11.5. The molecule has 0 spiro atoms. The van der Waals surface area contributed by atoms with Crippen LogP contribution in [0.1, 0.15) is 54.0 Å².